The number of nitrogens with zero attached hydrogens (tertiary/aromatic N) is 2. The number of hydrogen-bond acceptors (Lipinski definition) is 5. The molecule has 0 saturated carbocycles. The van der Waals surface area contributed by atoms with Gasteiger partial charge in [0, 0.05) is 39.5 Å². The first-order valence-corrected chi connectivity index (χ1v) is 9.96. The van der Waals surface area contributed by atoms with Crippen LogP contribution in [0.1, 0.15) is 20.9 Å². The van der Waals surface area contributed by atoms with Crippen LogP contribution in [0.3, 0.4) is 0 Å². The fourth-order valence-corrected chi connectivity index (χ4v) is 3.83. The van der Waals surface area contributed by atoms with Gasteiger partial charge in [-0.3, -0.25) is 14.0 Å². The van der Waals surface area contributed by atoms with Crippen LogP contribution >= 0.6 is 22.9 Å². The van der Waals surface area contributed by atoms with Crippen LogP contribution in [0.4, 0.5) is 5.69 Å². The maximum atomic E-state index is 12.4. The molecule has 0 aliphatic rings. The van der Waals surface area contributed by atoms with E-state index in [0.29, 0.717) is 32.7 Å². The predicted octanol–water partition coefficient (Wildman–Crippen LogP) is 4.55. The summed E-state index contributed by atoms with van der Waals surface area (Å²) in [5.74, 6) is 0.288. The first kappa shape index (κ1) is 19.2. The number of anilines is 1. The molecule has 0 spiro atoms. The zero-order chi connectivity index (χ0) is 20.4. The van der Waals surface area contributed by atoms with Crippen molar-refractivity contribution in [2.24, 2.45) is 0 Å². The fourth-order valence-electron chi connectivity index (χ4n) is 2.79. The lowest BCUT2D eigenvalue weighted by Crippen LogP contribution is -2.14. The number of nitrogens with one attached hydrogen (secondary N) is 1. The number of fused-ring (bicyclic) bond motifs is 1. The van der Waals surface area contributed by atoms with Gasteiger partial charge in [-0.15, -0.1) is 11.3 Å². The summed E-state index contributed by atoms with van der Waals surface area (Å²) in [4.78, 5) is 30.7. The van der Waals surface area contributed by atoms with Gasteiger partial charge in [0.15, 0.2) is 4.96 Å². The number of aromatic nitrogens is 2. The van der Waals surface area contributed by atoms with Crippen LogP contribution in [0.5, 0.6) is 5.75 Å². The number of thiazole rings is 1. The summed E-state index contributed by atoms with van der Waals surface area (Å²) in [6.07, 6.45) is 1.77. The third-order valence-corrected chi connectivity index (χ3v) is 5.23. The van der Waals surface area contributed by atoms with E-state index in [2.05, 4.69) is 10.3 Å². The van der Waals surface area contributed by atoms with Gasteiger partial charge in [-0.25, -0.2) is 4.98 Å². The van der Waals surface area contributed by atoms with Crippen molar-refractivity contribution in [2.45, 2.75) is 13.5 Å². The molecule has 2 aromatic heterocycles. The Bertz CT molecular complexity index is 1270. The SMILES string of the molecule is Cc1cn2c(=O)cc(COc3cccc(NC(=O)c4cccc(Cl)c4)c3)nc2s1. The number of benzene rings is 2. The van der Waals surface area contributed by atoms with Gasteiger partial charge in [0.25, 0.3) is 11.5 Å². The predicted molar refractivity (Wildman–Crippen MR) is 114 cm³/mol. The highest BCUT2D eigenvalue weighted by atomic mass is 35.5. The molecule has 8 heteroatoms. The van der Waals surface area contributed by atoms with Gasteiger partial charge in [-0.2, -0.15) is 0 Å². The Labute approximate surface area is 175 Å². The Morgan fingerprint density at radius 2 is 2.03 bits per heavy atom. The van der Waals surface area contributed by atoms with Gasteiger partial charge in [-0.1, -0.05) is 23.7 Å². The van der Waals surface area contributed by atoms with E-state index in [1.54, 1.807) is 54.7 Å². The van der Waals surface area contributed by atoms with Crippen LogP contribution in [0.25, 0.3) is 4.96 Å². The van der Waals surface area contributed by atoms with Crippen molar-refractivity contribution in [1.29, 1.82) is 0 Å². The molecule has 2 heterocycles. The van der Waals surface area contributed by atoms with Crippen LogP contribution in [0, 0.1) is 6.92 Å². The fraction of sp³-hybridized carbons (Fsp3) is 0.0952. The van der Waals surface area contributed by atoms with Crippen molar-refractivity contribution in [3.8, 4) is 5.75 Å². The summed E-state index contributed by atoms with van der Waals surface area (Å²) in [6.45, 7) is 2.08. The number of amides is 1. The number of rotatable bonds is 5. The average molecular weight is 426 g/mol. The van der Waals surface area contributed by atoms with Gasteiger partial charge in [0.2, 0.25) is 0 Å². The van der Waals surface area contributed by atoms with Gasteiger partial charge < -0.3 is 10.1 Å². The third-order valence-electron chi connectivity index (χ3n) is 4.10. The van der Waals surface area contributed by atoms with Crippen LogP contribution in [-0.2, 0) is 6.61 Å². The molecule has 1 N–H and O–H groups in total. The quantitative estimate of drug-likeness (QED) is 0.509. The van der Waals surface area contributed by atoms with Gasteiger partial charge >= 0.3 is 0 Å². The van der Waals surface area contributed by atoms with Gasteiger partial charge in [0.05, 0.1) is 5.69 Å². The second-order valence-corrected chi connectivity index (χ2v) is 8.01. The van der Waals surface area contributed by atoms with E-state index < -0.39 is 0 Å². The number of carbonyl (C=O) groups excluding carboxylic acids is 1. The molecule has 4 rings (SSSR count). The lowest BCUT2D eigenvalue weighted by atomic mass is 10.2. The second-order valence-electron chi connectivity index (χ2n) is 6.36. The largest absolute Gasteiger partial charge is 0.487 e. The van der Waals surface area contributed by atoms with Crippen molar-refractivity contribution < 1.29 is 9.53 Å². The van der Waals surface area contributed by atoms with E-state index in [-0.39, 0.29) is 18.1 Å². The molecule has 0 unspecified atom stereocenters. The van der Waals surface area contributed by atoms with E-state index in [9.17, 15) is 9.59 Å². The summed E-state index contributed by atoms with van der Waals surface area (Å²) < 4.78 is 7.29. The minimum Gasteiger partial charge on any atom is -0.487 e. The molecule has 29 heavy (non-hydrogen) atoms. The van der Waals surface area contributed by atoms with E-state index in [1.807, 2.05) is 6.92 Å². The molecule has 0 bridgehead atoms. The van der Waals surface area contributed by atoms with E-state index >= 15 is 0 Å². The van der Waals surface area contributed by atoms with Crippen molar-refractivity contribution in [3.63, 3.8) is 0 Å². The standard InChI is InChI=1S/C21H16ClN3O3S/c1-13-11-25-19(26)10-17(24-21(25)29-13)12-28-18-7-3-6-16(9-18)23-20(27)14-4-2-5-15(22)8-14/h2-11H,12H2,1H3,(H,23,27). The maximum Gasteiger partial charge on any atom is 0.258 e. The number of hydrogen-bond donors (Lipinski definition) is 1. The Morgan fingerprint density at radius 1 is 1.21 bits per heavy atom. The number of aryl methyl sites for hydroxylation is 1. The van der Waals surface area contributed by atoms with E-state index in [1.165, 1.54) is 21.8 Å². The summed E-state index contributed by atoms with van der Waals surface area (Å²) in [5.41, 5.74) is 1.46. The van der Waals surface area contributed by atoms with E-state index in [0.717, 1.165) is 4.88 Å². The summed E-state index contributed by atoms with van der Waals surface area (Å²) in [7, 11) is 0. The van der Waals surface area contributed by atoms with Crippen molar-refractivity contribution in [2.75, 3.05) is 5.32 Å². The maximum absolute atomic E-state index is 12.4. The Hall–Kier alpha value is -3.16. The molecule has 0 aliphatic heterocycles. The first-order chi connectivity index (χ1) is 14.0. The molecule has 4 aromatic rings. The summed E-state index contributed by atoms with van der Waals surface area (Å²) in [5, 5.41) is 3.31. The normalized spacial score (nSPS) is 10.8. The Kier molecular flexibility index (Phi) is 5.33. The highest BCUT2D eigenvalue weighted by Crippen LogP contribution is 2.20. The molecular weight excluding hydrogens is 410 g/mol. The smallest absolute Gasteiger partial charge is 0.258 e. The molecule has 1 amide bonds. The number of ether oxygens (including phenoxy) is 1. The Balaban J connectivity index is 1.46. The average Bonchev–Trinajstić information content (AvgIpc) is 3.07. The van der Waals surface area contributed by atoms with Gasteiger partial charge in [-0.05, 0) is 37.3 Å². The monoisotopic (exact) mass is 425 g/mol. The molecular formula is C21H16ClN3O3S. The zero-order valence-corrected chi connectivity index (χ0v) is 17.0. The molecule has 6 nitrogen and oxygen atoms in total. The third kappa shape index (κ3) is 4.47. The highest BCUT2D eigenvalue weighted by molar-refractivity contribution is 7.16. The van der Waals surface area contributed by atoms with Crippen LogP contribution in [-0.4, -0.2) is 15.3 Å². The van der Waals surface area contributed by atoms with Crippen LogP contribution < -0.4 is 15.6 Å². The molecule has 0 atom stereocenters. The molecule has 0 radical (unpaired) electrons. The van der Waals surface area contributed by atoms with Crippen molar-refractivity contribution in [1.82, 2.24) is 9.38 Å². The lowest BCUT2D eigenvalue weighted by Gasteiger charge is -2.09. The van der Waals surface area contributed by atoms with Gasteiger partial charge in [0.1, 0.15) is 12.4 Å². The molecule has 146 valence electrons. The molecule has 0 saturated heterocycles. The van der Waals surface area contributed by atoms with Crippen molar-refractivity contribution >= 4 is 39.5 Å². The van der Waals surface area contributed by atoms with Crippen molar-refractivity contribution in [3.05, 3.63) is 92.3 Å². The second kappa shape index (κ2) is 8.06. The number of halogens is 1. The minimum absolute atomic E-state index is 0.138. The summed E-state index contributed by atoms with van der Waals surface area (Å²) >= 11 is 7.39. The highest BCUT2D eigenvalue weighted by Gasteiger charge is 2.09. The topological polar surface area (TPSA) is 72.7 Å². The Morgan fingerprint density at radius 3 is 2.86 bits per heavy atom. The minimum atomic E-state index is -0.266. The summed E-state index contributed by atoms with van der Waals surface area (Å²) in [6, 6.07) is 15.2. The van der Waals surface area contributed by atoms with Crippen LogP contribution in [0.15, 0.2) is 65.6 Å². The molecule has 0 aliphatic carbocycles. The van der Waals surface area contributed by atoms with E-state index in [4.69, 9.17) is 16.3 Å². The van der Waals surface area contributed by atoms with Crippen LogP contribution in [0.2, 0.25) is 5.02 Å². The molecule has 2 aromatic carbocycles. The lowest BCUT2D eigenvalue weighted by molar-refractivity contribution is 0.102. The zero-order valence-electron chi connectivity index (χ0n) is 15.4. The molecule has 0 fully saturated rings. The first-order valence-electron chi connectivity index (χ1n) is 8.76. The number of carbonyl (C=O) groups is 1.